The Bertz CT molecular complexity index is 721. The van der Waals surface area contributed by atoms with Crippen molar-refractivity contribution in [1.29, 1.82) is 0 Å². The van der Waals surface area contributed by atoms with Crippen LogP contribution in [0.2, 0.25) is 5.02 Å². The van der Waals surface area contributed by atoms with Gasteiger partial charge in [0.05, 0.1) is 11.4 Å². The maximum Gasteiger partial charge on any atom is 0.287 e. The number of nitrogens with one attached hydrogen (secondary N) is 1. The van der Waals surface area contributed by atoms with E-state index in [1.54, 1.807) is 6.07 Å². The number of hydrogen-bond acceptors (Lipinski definition) is 2. The van der Waals surface area contributed by atoms with Crippen molar-refractivity contribution >= 4 is 21.6 Å². The highest BCUT2D eigenvalue weighted by molar-refractivity contribution is 7.89. The topological polar surface area (TPSA) is 46.2 Å². The molecule has 0 atom stereocenters. The zero-order chi connectivity index (χ0) is 15.5. The van der Waals surface area contributed by atoms with Crippen LogP contribution >= 0.6 is 11.6 Å². The van der Waals surface area contributed by atoms with Crippen molar-refractivity contribution in [2.75, 3.05) is 6.54 Å². The van der Waals surface area contributed by atoms with Gasteiger partial charge in [0.25, 0.3) is 5.92 Å². The third kappa shape index (κ3) is 3.78. The number of alkyl halides is 2. The molecule has 21 heavy (non-hydrogen) atoms. The third-order valence-electron chi connectivity index (χ3n) is 2.81. The third-order valence-corrected chi connectivity index (χ3v) is 4.55. The van der Waals surface area contributed by atoms with Gasteiger partial charge in [0.1, 0.15) is 0 Å². The molecule has 0 aromatic heterocycles. The molecule has 0 aliphatic carbocycles. The molecule has 0 bridgehead atoms. The monoisotopic (exact) mass is 331 g/mol. The highest BCUT2D eigenvalue weighted by Crippen LogP contribution is 2.32. The van der Waals surface area contributed by atoms with Crippen molar-refractivity contribution in [3.8, 4) is 0 Å². The molecule has 0 amide bonds. The fraction of sp³-hybridized carbons (Fsp3) is 0.143. The predicted octanol–water partition coefficient (Wildman–Crippen LogP) is 3.41. The number of rotatable bonds is 5. The van der Waals surface area contributed by atoms with Crippen LogP contribution in [0.25, 0.3) is 0 Å². The summed E-state index contributed by atoms with van der Waals surface area (Å²) in [7, 11) is -3.99. The second-order valence-electron chi connectivity index (χ2n) is 4.32. The summed E-state index contributed by atoms with van der Waals surface area (Å²) in [5.41, 5.74) is -0.414. The Morgan fingerprint density at radius 2 is 1.57 bits per heavy atom. The fourth-order valence-electron chi connectivity index (χ4n) is 1.72. The van der Waals surface area contributed by atoms with Crippen LogP contribution < -0.4 is 4.72 Å². The second kappa shape index (κ2) is 6.09. The van der Waals surface area contributed by atoms with E-state index in [0.717, 1.165) is 0 Å². The molecule has 0 unspecified atom stereocenters. The van der Waals surface area contributed by atoms with E-state index in [9.17, 15) is 17.2 Å². The summed E-state index contributed by atoms with van der Waals surface area (Å²) in [6.07, 6.45) is 0. The van der Waals surface area contributed by atoms with E-state index in [1.165, 1.54) is 48.5 Å². The van der Waals surface area contributed by atoms with Crippen LogP contribution in [-0.2, 0) is 15.9 Å². The first-order valence-electron chi connectivity index (χ1n) is 6.00. The summed E-state index contributed by atoms with van der Waals surface area (Å²) in [5, 5.41) is -0.110. The number of benzene rings is 2. The largest absolute Gasteiger partial charge is 0.287 e. The van der Waals surface area contributed by atoms with Crippen molar-refractivity contribution in [2.24, 2.45) is 0 Å². The van der Waals surface area contributed by atoms with E-state index in [4.69, 9.17) is 11.6 Å². The number of hydrogen-bond donors (Lipinski definition) is 1. The number of halogens is 3. The molecular formula is C14H12ClF2NO2S. The Balaban J connectivity index is 2.18. The summed E-state index contributed by atoms with van der Waals surface area (Å²) in [6, 6.07) is 12.8. The average Bonchev–Trinajstić information content (AvgIpc) is 2.47. The van der Waals surface area contributed by atoms with Crippen molar-refractivity contribution in [3.05, 3.63) is 65.2 Å². The molecule has 0 aliphatic rings. The Morgan fingerprint density at radius 3 is 2.19 bits per heavy atom. The lowest BCUT2D eigenvalue weighted by molar-refractivity contribution is 0.00221. The maximum absolute atomic E-state index is 14.1. The molecule has 0 aliphatic heterocycles. The van der Waals surface area contributed by atoms with Gasteiger partial charge in [-0.2, -0.15) is 8.78 Å². The lowest BCUT2D eigenvalue weighted by Crippen LogP contribution is -2.35. The maximum atomic E-state index is 14.1. The number of sulfonamides is 1. The quantitative estimate of drug-likeness (QED) is 0.912. The van der Waals surface area contributed by atoms with E-state index < -0.39 is 28.1 Å². The predicted molar refractivity (Wildman–Crippen MR) is 77.0 cm³/mol. The molecular weight excluding hydrogens is 320 g/mol. The van der Waals surface area contributed by atoms with Gasteiger partial charge >= 0.3 is 0 Å². The van der Waals surface area contributed by atoms with Crippen LogP contribution in [0.1, 0.15) is 5.56 Å². The van der Waals surface area contributed by atoms with E-state index in [-0.39, 0.29) is 9.92 Å². The fourth-order valence-corrected chi connectivity index (χ4v) is 3.05. The molecule has 2 aromatic rings. The summed E-state index contributed by atoms with van der Waals surface area (Å²) >= 11 is 5.72. The summed E-state index contributed by atoms with van der Waals surface area (Å²) in [5.74, 6) is -3.40. The first-order chi connectivity index (χ1) is 9.83. The summed E-state index contributed by atoms with van der Waals surface area (Å²) in [4.78, 5) is -0.0695. The molecule has 3 nitrogen and oxygen atoms in total. The second-order valence-corrected chi connectivity index (χ2v) is 6.50. The van der Waals surface area contributed by atoms with Gasteiger partial charge in [0.2, 0.25) is 10.0 Å². The van der Waals surface area contributed by atoms with Gasteiger partial charge in [-0.3, -0.25) is 0 Å². The van der Waals surface area contributed by atoms with Crippen molar-refractivity contribution in [2.45, 2.75) is 10.8 Å². The van der Waals surface area contributed by atoms with Crippen LogP contribution in [0.15, 0.2) is 59.5 Å². The molecule has 2 aromatic carbocycles. The zero-order valence-corrected chi connectivity index (χ0v) is 12.3. The van der Waals surface area contributed by atoms with E-state index in [0.29, 0.717) is 0 Å². The van der Waals surface area contributed by atoms with Crippen LogP contribution in [-0.4, -0.2) is 15.0 Å². The van der Waals surface area contributed by atoms with Gasteiger partial charge in [0.15, 0.2) is 0 Å². The van der Waals surface area contributed by atoms with Crippen LogP contribution in [0.4, 0.5) is 8.78 Å². The van der Waals surface area contributed by atoms with Gasteiger partial charge in [-0.05, 0) is 18.2 Å². The van der Waals surface area contributed by atoms with E-state index >= 15 is 0 Å². The lowest BCUT2D eigenvalue weighted by Gasteiger charge is -2.18. The molecule has 112 valence electrons. The van der Waals surface area contributed by atoms with Crippen LogP contribution in [0.5, 0.6) is 0 Å². The van der Waals surface area contributed by atoms with Crippen LogP contribution in [0.3, 0.4) is 0 Å². The summed E-state index contributed by atoms with van der Waals surface area (Å²) < 4.78 is 53.8. The van der Waals surface area contributed by atoms with Gasteiger partial charge in [-0.1, -0.05) is 48.0 Å². The first-order valence-corrected chi connectivity index (χ1v) is 7.86. The Hall–Kier alpha value is -1.50. The minimum atomic E-state index is -3.99. The molecule has 0 heterocycles. The minimum Gasteiger partial charge on any atom is -0.207 e. The first kappa shape index (κ1) is 15.9. The minimum absolute atomic E-state index is 0.0695. The highest BCUT2D eigenvalue weighted by Gasteiger charge is 2.35. The SMILES string of the molecule is O=S(=O)(NCC(F)(F)c1ccccc1Cl)c1ccccc1. The van der Waals surface area contributed by atoms with Crippen molar-refractivity contribution in [1.82, 2.24) is 4.72 Å². The summed E-state index contributed by atoms with van der Waals surface area (Å²) in [6.45, 7) is -1.06. The molecule has 1 N–H and O–H groups in total. The Labute approximate surface area is 126 Å². The molecule has 0 spiro atoms. The smallest absolute Gasteiger partial charge is 0.207 e. The molecule has 0 saturated heterocycles. The van der Waals surface area contributed by atoms with Crippen molar-refractivity contribution < 1.29 is 17.2 Å². The Morgan fingerprint density at radius 1 is 1.00 bits per heavy atom. The highest BCUT2D eigenvalue weighted by atomic mass is 35.5. The van der Waals surface area contributed by atoms with Crippen LogP contribution in [0, 0.1) is 0 Å². The molecule has 0 fully saturated rings. The molecule has 0 saturated carbocycles. The molecule has 2 rings (SSSR count). The van der Waals surface area contributed by atoms with E-state index in [1.807, 2.05) is 4.72 Å². The van der Waals surface area contributed by atoms with Crippen molar-refractivity contribution in [3.63, 3.8) is 0 Å². The lowest BCUT2D eigenvalue weighted by atomic mass is 10.1. The van der Waals surface area contributed by atoms with Gasteiger partial charge < -0.3 is 0 Å². The average molecular weight is 332 g/mol. The zero-order valence-electron chi connectivity index (χ0n) is 10.8. The van der Waals surface area contributed by atoms with Gasteiger partial charge in [-0.25, -0.2) is 13.1 Å². The molecule has 0 radical (unpaired) electrons. The normalized spacial score (nSPS) is 12.3. The van der Waals surface area contributed by atoms with Gasteiger partial charge in [0, 0.05) is 10.6 Å². The molecule has 7 heteroatoms. The standard InChI is InChI=1S/C14H12ClF2NO2S/c15-13-9-5-4-8-12(13)14(16,17)10-18-21(19,20)11-6-2-1-3-7-11/h1-9,18H,10H2. The van der Waals surface area contributed by atoms with Gasteiger partial charge in [-0.15, -0.1) is 0 Å². The Kier molecular flexibility index (Phi) is 4.61. The van der Waals surface area contributed by atoms with E-state index in [2.05, 4.69) is 0 Å².